The van der Waals surface area contributed by atoms with Gasteiger partial charge in [0.25, 0.3) is 0 Å². The van der Waals surface area contributed by atoms with Crippen LogP contribution in [0.1, 0.15) is 24.8 Å². The third-order valence-corrected chi connectivity index (χ3v) is 6.76. The Balaban J connectivity index is 1.28. The molecule has 0 saturated heterocycles. The molecule has 0 atom stereocenters. The Bertz CT molecular complexity index is 1120. The summed E-state index contributed by atoms with van der Waals surface area (Å²) in [6.45, 7) is 2.21. The number of halogens is 1. The molecule has 0 saturated carbocycles. The third kappa shape index (κ3) is 6.01. The summed E-state index contributed by atoms with van der Waals surface area (Å²) >= 11 is 6.27. The molecule has 0 fully saturated rings. The number of sulfonamides is 1. The Kier molecular flexibility index (Phi) is 7.46. The van der Waals surface area contributed by atoms with E-state index in [0.717, 1.165) is 18.4 Å². The highest BCUT2D eigenvalue weighted by Gasteiger charge is 2.19. The van der Waals surface area contributed by atoms with E-state index < -0.39 is 10.0 Å². The molecule has 2 aromatic rings. The average Bonchev–Trinajstić information content (AvgIpc) is 3.18. The van der Waals surface area contributed by atoms with Gasteiger partial charge in [-0.3, -0.25) is 4.79 Å². The minimum absolute atomic E-state index is 0.0257. The van der Waals surface area contributed by atoms with Crippen molar-refractivity contribution in [1.29, 1.82) is 0 Å². The molecule has 33 heavy (non-hydrogen) atoms. The smallest absolute Gasteiger partial charge is 0.240 e. The number of ether oxygens (including phenoxy) is 4. The van der Waals surface area contributed by atoms with Gasteiger partial charge in [0, 0.05) is 38.4 Å². The van der Waals surface area contributed by atoms with Crippen LogP contribution in [-0.2, 0) is 21.4 Å². The first-order chi connectivity index (χ1) is 15.9. The van der Waals surface area contributed by atoms with Crippen LogP contribution in [0, 0.1) is 0 Å². The van der Waals surface area contributed by atoms with Crippen LogP contribution in [0.3, 0.4) is 0 Å². The zero-order valence-electron chi connectivity index (χ0n) is 17.9. The first-order valence-corrected chi connectivity index (χ1v) is 12.5. The number of fused-ring (bicyclic) bond motifs is 2. The number of nitrogens with one attached hydrogen (secondary N) is 2. The number of carbonyl (C=O) groups excluding carboxylic acids is 1. The molecule has 2 aromatic carbocycles. The fraction of sp³-hybridized carbons (Fsp3) is 0.409. The SMILES string of the molecule is O=C(CCNS(=O)(=O)c1ccc2c(c1)OCCCO2)NCc1cc(Cl)c2c(c1)OCCCO2. The van der Waals surface area contributed by atoms with Gasteiger partial charge in [-0.15, -0.1) is 0 Å². The van der Waals surface area contributed by atoms with Crippen LogP contribution < -0.4 is 29.0 Å². The summed E-state index contributed by atoms with van der Waals surface area (Å²) < 4.78 is 49.9. The van der Waals surface area contributed by atoms with Crippen molar-refractivity contribution >= 4 is 27.5 Å². The minimum atomic E-state index is -3.80. The van der Waals surface area contributed by atoms with E-state index in [1.165, 1.54) is 12.1 Å². The number of benzene rings is 2. The number of hydrogen-bond acceptors (Lipinski definition) is 7. The summed E-state index contributed by atoms with van der Waals surface area (Å²) in [7, 11) is -3.80. The van der Waals surface area contributed by atoms with Crippen molar-refractivity contribution in [2.24, 2.45) is 0 Å². The van der Waals surface area contributed by atoms with Gasteiger partial charge in [0.15, 0.2) is 23.0 Å². The Morgan fingerprint density at radius 2 is 1.61 bits per heavy atom. The summed E-state index contributed by atoms with van der Waals surface area (Å²) in [6.07, 6.45) is 1.46. The molecule has 0 radical (unpaired) electrons. The number of carbonyl (C=O) groups is 1. The molecule has 0 spiro atoms. The van der Waals surface area contributed by atoms with Crippen molar-refractivity contribution in [3.63, 3.8) is 0 Å². The molecule has 178 valence electrons. The van der Waals surface area contributed by atoms with Gasteiger partial charge in [-0.25, -0.2) is 13.1 Å². The Morgan fingerprint density at radius 3 is 2.39 bits per heavy atom. The zero-order chi connectivity index (χ0) is 23.3. The molecule has 0 bridgehead atoms. The number of amides is 1. The van der Waals surface area contributed by atoms with Crippen LogP contribution in [0.15, 0.2) is 35.2 Å². The fourth-order valence-electron chi connectivity index (χ4n) is 3.37. The molecular formula is C22H25ClN2O7S. The van der Waals surface area contributed by atoms with E-state index in [9.17, 15) is 13.2 Å². The molecule has 0 aliphatic carbocycles. The standard InChI is InChI=1S/C22H25ClN2O7S/c23-17-11-15(12-20-22(17)32-10-2-9-31-20)14-24-21(26)5-6-25-33(27,28)16-3-4-18-19(13-16)30-8-1-7-29-18/h3-4,11-13,25H,1-2,5-10,14H2,(H,24,26). The van der Waals surface area contributed by atoms with Gasteiger partial charge in [0.1, 0.15) is 0 Å². The van der Waals surface area contributed by atoms with Crippen LogP contribution in [0.4, 0.5) is 0 Å². The molecule has 2 heterocycles. The lowest BCUT2D eigenvalue weighted by molar-refractivity contribution is -0.121. The van der Waals surface area contributed by atoms with E-state index in [2.05, 4.69) is 10.0 Å². The highest BCUT2D eigenvalue weighted by Crippen LogP contribution is 2.38. The molecule has 0 aromatic heterocycles. The van der Waals surface area contributed by atoms with Crippen molar-refractivity contribution in [3.8, 4) is 23.0 Å². The van der Waals surface area contributed by atoms with Gasteiger partial charge < -0.3 is 24.3 Å². The van der Waals surface area contributed by atoms with Crippen LogP contribution in [-0.4, -0.2) is 47.3 Å². The lowest BCUT2D eigenvalue weighted by atomic mass is 10.2. The monoisotopic (exact) mass is 496 g/mol. The Morgan fingerprint density at radius 1 is 0.909 bits per heavy atom. The third-order valence-electron chi connectivity index (χ3n) is 5.03. The van der Waals surface area contributed by atoms with Crippen molar-refractivity contribution in [2.75, 3.05) is 33.0 Å². The molecule has 0 unspecified atom stereocenters. The quantitative estimate of drug-likeness (QED) is 0.606. The summed E-state index contributed by atoms with van der Waals surface area (Å²) in [4.78, 5) is 12.3. The molecule has 2 aliphatic heterocycles. The van der Waals surface area contributed by atoms with Crippen LogP contribution in [0.25, 0.3) is 0 Å². The van der Waals surface area contributed by atoms with Crippen molar-refractivity contribution < 1.29 is 32.2 Å². The van der Waals surface area contributed by atoms with Gasteiger partial charge in [0.2, 0.25) is 15.9 Å². The summed E-state index contributed by atoms with van der Waals surface area (Å²) in [5.41, 5.74) is 0.755. The predicted molar refractivity (Wildman–Crippen MR) is 121 cm³/mol. The zero-order valence-corrected chi connectivity index (χ0v) is 19.5. The van der Waals surface area contributed by atoms with E-state index in [4.69, 9.17) is 30.5 Å². The van der Waals surface area contributed by atoms with E-state index >= 15 is 0 Å². The lowest BCUT2D eigenvalue weighted by Gasteiger charge is -2.12. The summed E-state index contributed by atoms with van der Waals surface area (Å²) in [5, 5.41) is 3.18. The van der Waals surface area contributed by atoms with Gasteiger partial charge >= 0.3 is 0 Å². The van der Waals surface area contributed by atoms with Crippen molar-refractivity contribution in [3.05, 3.63) is 40.9 Å². The fourth-order valence-corrected chi connectivity index (χ4v) is 4.70. The van der Waals surface area contributed by atoms with Crippen LogP contribution in [0.2, 0.25) is 5.02 Å². The lowest BCUT2D eigenvalue weighted by Crippen LogP contribution is -2.30. The average molecular weight is 497 g/mol. The van der Waals surface area contributed by atoms with E-state index in [0.29, 0.717) is 54.4 Å². The van der Waals surface area contributed by atoms with Crippen LogP contribution >= 0.6 is 11.6 Å². The summed E-state index contributed by atoms with van der Waals surface area (Å²) in [5.74, 6) is 1.66. The second kappa shape index (κ2) is 10.5. The van der Waals surface area contributed by atoms with Gasteiger partial charge in [-0.1, -0.05) is 11.6 Å². The van der Waals surface area contributed by atoms with Gasteiger partial charge in [0.05, 0.1) is 36.3 Å². The van der Waals surface area contributed by atoms with Crippen molar-refractivity contribution in [1.82, 2.24) is 10.0 Å². The van der Waals surface area contributed by atoms with E-state index in [1.807, 2.05) is 0 Å². The van der Waals surface area contributed by atoms with Gasteiger partial charge in [-0.05, 0) is 29.8 Å². The molecule has 9 nitrogen and oxygen atoms in total. The molecule has 4 rings (SSSR count). The topological polar surface area (TPSA) is 112 Å². The number of rotatable bonds is 7. The molecule has 1 amide bonds. The maximum Gasteiger partial charge on any atom is 0.240 e. The predicted octanol–water partition coefficient (Wildman–Crippen LogP) is 2.65. The Hall–Kier alpha value is -2.69. The van der Waals surface area contributed by atoms with Gasteiger partial charge in [-0.2, -0.15) is 0 Å². The summed E-state index contributed by atoms with van der Waals surface area (Å²) in [6, 6.07) is 7.94. The Labute approximate surface area is 197 Å². The molecule has 2 aliphatic rings. The molecule has 11 heteroatoms. The molecular weight excluding hydrogens is 472 g/mol. The maximum atomic E-state index is 12.6. The van der Waals surface area contributed by atoms with E-state index in [1.54, 1.807) is 18.2 Å². The van der Waals surface area contributed by atoms with E-state index in [-0.39, 0.29) is 30.3 Å². The van der Waals surface area contributed by atoms with Crippen molar-refractivity contribution in [2.45, 2.75) is 30.7 Å². The first-order valence-electron chi connectivity index (χ1n) is 10.7. The second-order valence-electron chi connectivity index (χ2n) is 7.54. The second-order valence-corrected chi connectivity index (χ2v) is 9.71. The maximum absolute atomic E-state index is 12.6. The number of hydrogen-bond donors (Lipinski definition) is 2. The normalized spacial score (nSPS) is 15.3. The first kappa shape index (κ1) is 23.5. The molecule has 2 N–H and O–H groups in total. The van der Waals surface area contributed by atoms with Crippen LogP contribution in [0.5, 0.6) is 23.0 Å². The highest BCUT2D eigenvalue weighted by atomic mass is 35.5. The largest absolute Gasteiger partial charge is 0.490 e. The minimum Gasteiger partial charge on any atom is -0.490 e. The highest BCUT2D eigenvalue weighted by molar-refractivity contribution is 7.89.